The van der Waals surface area contributed by atoms with Crippen LogP contribution in [0.2, 0.25) is 0 Å². The Balaban J connectivity index is 1.60. The largest absolute Gasteiger partial charge is 0.397 e. The van der Waals surface area contributed by atoms with Crippen molar-refractivity contribution >= 4 is 17.5 Å². The molecule has 1 aliphatic heterocycles. The van der Waals surface area contributed by atoms with E-state index in [9.17, 15) is 27.2 Å². The van der Waals surface area contributed by atoms with Crippen molar-refractivity contribution in [3.05, 3.63) is 54.3 Å². The molecule has 0 aliphatic carbocycles. The second-order valence-corrected chi connectivity index (χ2v) is 7.05. The van der Waals surface area contributed by atoms with Crippen LogP contribution in [0.4, 0.5) is 23.2 Å². The lowest BCUT2D eigenvalue weighted by atomic mass is 9.96. The lowest BCUT2D eigenvalue weighted by molar-refractivity contribution is -0.162. The predicted octanol–water partition coefficient (Wildman–Crippen LogP) is 4.62. The van der Waals surface area contributed by atoms with Gasteiger partial charge in [-0.25, -0.2) is 4.39 Å². The maximum Gasteiger partial charge on any atom is 0.397 e. The molecule has 1 atom stereocenters. The fourth-order valence-electron chi connectivity index (χ4n) is 3.36. The molecule has 0 spiro atoms. The van der Waals surface area contributed by atoms with E-state index in [-0.39, 0.29) is 24.8 Å². The van der Waals surface area contributed by atoms with E-state index in [0.717, 1.165) is 10.5 Å². The summed E-state index contributed by atoms with van der Waals surface area (Å²) in [4.78, 5) is 25.4. The van der Waals surface area contributed by atoms with E-state index in [2.05, 4.69) is 5.32 Å². The van der Waals surface area contributed by atoms with Crippen LogP contribution in [0.5, 0.6) is 0 Å². The molecule has 2 amide bonds. The van der Waals surface area contributed by atoms with E-state index in [1.165, 1.54) is 12.1 Å². The van der Waals surface area contributed by atoms with Gasteiger partial charge in [-0.1, -0.05) is 24.3 Å². The minimum atomic E-state index is -4.56. The third-order valence-electron chi connectivity index (χ3n) is 4.81. The highest BCUT2D eigenvalue weighted by Crippen LogP contribution is 2.25. The van der Waals surface area contributed by atoms with Crippen molar-refractivity contribution in [3.63, 3.8) is 0 Å². The Kier molecular flexibility index (Phi) is 6.20. The van der Waals surface area contributed by atoms with E-state index in [0.29, 0.717) is 24.1 Å². The van der Waals surface area contributed by atoms with Crippen molar-refractivity contribution in [1.29, 1.82) is 0 Å². The number of hydrogen-bond donors (Lipinski definition) is 1. The van der Waals surface area contributed by atoms with Gasteiger partial charge in [0.15, 0.2) is 0 Å². The highest BCUT2D eigenvalue weighted by atomic mass is 19.4. The molecular formula is C21H20F4N2O2. The van der Waals surface area contributed by atoms with E-state index in [4.69, 9.17) is 0 Å². The van der Waals surface area contributed by atoms with E-state index in [1.807, 2.05) is 0 Å². The minimum Gasteiger partial charge on any atom is -0.342 e. The molecule has 1 aliphatic rings. The monoisotopic (exact) mass is 408 g/mol. The molecule has 0 aromatic heterocycles. The summed E-state index contributed by atoms with van der Waals surface area (Å²) in [5.74, 6) is -2.26. The van der Waals surface area contributed by atoms with Gasteiger partial charge in [0.2, 0.25) is 11.8 Å². The summed E-state index contributed by atoms with van der Waals surface area (Å²) in [6.45, 7) is 0.198. The van der Waals surface area contributed by atoms with Crippen LogP contribution in [0, 0.1) is 11.7 Å². The van der Waals surface area contributed by atoms with E-state index >= 15 is 0 Å². The standard InChI is InChI=1S/C21H20F4N2O2/c22-17-5-1-3-15(11-17)14-6-8-18(9-7-14)26-20(29)16-4-2-10-27(13-16)19(28)12-21(23,24)25/h1,3,5-9,11,16H,2,4,10,12-13H2,(H,26,29)/t16-/m0/s1. The van der Waals surface area contributed by atoms with Gasteiger partial charge in [-0.15, -0.1) is 0 Å². The average Bonchev–Trinajstić information content (AvgIpc) is 2.67. The number of hydrogen-bond acceptors (Lipinski definition) is 2. The number of anilines is 1. The first kappa shape index (κ1) is 20.8. The summed E-state index contributed by atoms with van der Waals surface area (Å²) in [7, 11) is 0. The lowest BCUT2D eigenvalue weighted by Crippen LogP contribution is -2.44. The quantitative estimate of drug-likeness (QED) is 0.751. The smallest absolute Gasteiger partial charge is 0.342 e. The number of piperidine rings is 1. The Labute approximate surface area is 165 Å². The highest BCUT2D eigenvalue weighted by Gasteiger charge is 2.36. The zero-order valence-corrected chi connectivity index (χ0v) is 15.5. The van der Waals surface area contributed by atoms with Gasteiger partial charge in [-0.2, -0.15) is 13.2 Å². The molecular weight excluding hydrogens is 388 g/mol. The van der Waals surface area contributed by atoms with Crippen LogP contribution < -0.4 is 5.32 Å². The molecule has 154 valence electrons. The Morgan fingerprint density at radius 1 is 1.07 bits per heavy atom. The molecule has 2 aromatic rings. The Morgan fingerprint density at radius 2 is 1.79 bits per heavy atom. The van der Waals surface area contributed by atoms with Crippen LogP contribution in [0.25, 0.3) is 11.1 Å². The number of amides is 2. The third kappa shape index (κ3) is 5.79. The van der Waals surface area contributed by atoms with E-state index in [1.54, 1.807) is 36.4 Å². The van der Waals surface area contributed by atoms with Crippen molar-refractivity contribution in [2.75, 3.05) is 18.4 Å². The van der Waals surface area contributed by atoms with Crippen LogP contribution in [0.15, 0.2) is 48.5 Å². The van der Waals surface area contributed by atoms with E-state index < -0.39 is 24.4 Å². The molecule has 4 nitrogen and oxygen atoms in total. The summed E-state index contributed by atoms with van der Waals surface area (Å²) in [5.41, 5.74) is 2.01. The Hall–Kier alpha value is -2.90. The number of halogens is 4. The maximum absolute atomic E-state index is 13.3. The molecule has 3 rings (SSSR count). The van der Waals surface area contributed by atoms with Crippen molar-refractivity contribution in [3.8, 4) is 11.1 Å². The number of benzene rings is 2. The second kappa shape index (κ2) is 8.63. The highest BCUT2D eigenvalue weighted by molar-refractivity contribution is 5.93. The summed E-state index contributed by atoms with van der Waals surface area (Å²) < 4.78 is 50.6. The molecule has 8 heteroatoms. The average molecular weight is 408 g/mol. The second-order valence-electron chi connectivity index (χ2n) is 7.05. The van der Waals surface area contributed by atoms with Gasteiger partial charge in [-0.05, 0) is 48.2 Å². The molecule has 29 heavy (non-hydrogen) atoms. The molecule has 0 unspecified atom stereocenters. The molecule has 0 radical (unpaired) electrons. The van der Waals surface area contributed by atoms with Gasteiger partial charge in [0.1, 0.15) is 12.2 Å². The van der Waals surface area contributed by atoms with Crippen LogP contribution in [-0.4, -0.2) is 36.0 Å². The topological polar surface area (TPSA) is 49.4 Å². The number of alkyl halides is 3. The summed E-state index contributed by atoms with van der Waals surface area (Å²) in [5, 5.41) is 2.74. The van der Waals surface area contributed by atoms with Crippen LogP contribution in [0.1, 0.15) is 19.3 Å². The van der Waals surface area contributed by atoms with Gasteiger partial charge in [0, 0.05) is 18.8 Å². The number of nitrogens with one attached hydrogen (secondary N) is 1. The van der Waals surface area contributed by atoms with Crippen LogP contribution in [0.3, 0.4) is 0 Å². The summed E-state index contributed by atoms with van der Waals surface area (Å²) in [6.07, 6.45) is -5.10. The summed E-state index contributed by atoms with van der Waals surface area (Å²) >= 11 is 0. The maximum atomic E-state index is 13.3. The Bertz CT molecular complexity index is 881. The molecule has 1 heterocycles. The molecule has 0 saturated carbocycles. The zero-order chi connectivity index (χ0) is 21.0. The molecule has 0 bridgehead atoms. The van der Waals surface area contributed by atoms with Gasteiger partial charge in [-0.3, -0.25) is 9.59 Å². The normalized spacial score (nSPS) is 17.1. The van der Waals surface area contributed by atoms with Gasteiger partial charge >= 0.3 is 6.18 Å². The van der Waals surface area contributed by atoms with Crippen LogP contribution in [-0.2, 0) is 9.59 Å². The first-order chi connectivity index (χ1) is 13.7. The van der Waals surface area contributed by atoms with Crippen molar-refractivity contribution in [2.45, 2.75) is 25.4 Å². The van der Waals surface area contributed by atoms with Crippen LogP contribution >= 0.6 is 0 Å². The fourth-order valence-corrected chi connectivity index (χ4v) is 3.36. The number of likely N-dealkylation sites (tertiary alicyclic amines) is 1. The van der Waals surface area contributed by atoms with Gasteiger partial charge < -0.3 is 10.2 Å². The Morgan fingerprint density at radius 3 is 2.45 bits per heavy atom. The molecule has 1 fully saturated rings. The zero-order valence-electron chi connectivity index (χ0n) is 15.5. The van der Waals surface area contributed by atoms with Crippen molar-refractivity contribution < 1.29 is 27.2 Å². The van der Waals surface area contributed by atoms with Gasteiger partial charge in [0.05, 0.1) is 5.92 Å². The fraction of sp³-hybridized carbons (Fsp3) is 0.333. The van der Waals surface area contributed by atoms with Crippen molar-refractivity contribution in [1.82, 2.24) is 4.90 Å². The SMILES string of the molecule is O=C(Nc1ccc(-c2cccc(F)c2)cc1)[C@H]1CCCN(C(=O)CC(F)(F)F)C1. The summed E-state index contributed by atoms with van der Waals surface area (Å²) in [6, 6.07) is 13.0. The van der Waals surface area contributed by atoms with Gasteiger partial charge in [0.25, 0.3) is 0 Å². The number of rotatable bonds is 4. The molecule has 2 aromatic carbocycles. The molecule has 1 saturated heterocycles. The first-order valence-corrected chi connectivity index (χ1v) is 9.23. The number of carbonyl (C=O) groups excluding carboxylic acids is 2. The number of nitrogens with zero attached hydrogens (tertiary/aromatic N) is 1. The first-order valence-electron chi connectivity index (χ1n) is 9.23. The molecule has 1 N–H and O–H groups in total. The third-order valence-corrected chi connectivity index (χ3v) is 4.81. The number of carbonyl (C=O) groups is 2. The van der Waals surface area contributed by atoms with Crippen molar-refractivity contribution in [2.24, 2.45) is 5.92 Å². The lowest BCUT2D eigenvalue weighted by Gasteiger charge is -2.32. The predicted molar refractivity (Wildman–Crippen MR) is 100 cm³/mol. The minimum absolute atomic E-state index is 0.0257.